The van der Waals surface area contributed by atoms with Crippen LogP contribution in [-0.4, -0.2) is 18.0 Å². The third-order valence-electron chi connectivity index (χ3n) is 9.68. The van der Waals surface area contributed by atoms with E-state index in [2.05, 4.69) is 77.4 Å². The van der Waals surface area contributed by atoms with Gasteiger partial charge in [0.05, 0.1) is 5.52 Å². The molecule has 1 aromatic heterocycles. The van der Waals surface area contributed by atoms with Crippen LogP contribution in [0.2, 0.25) is 0 Å². The van der Waals surface area contributed by atoms with Gasteiger partial charge in [0.25, 0.3) is 13.4 Å². The number of fused-ring (bicyclic) bond motifs is 11. The summed E-state index contributed by atoms with van der Waals surface area (Å²) in [5.74, 6) is 6.58. The minimum atomic E-state index is -0.173. The highest BCUT2D eigenvalue weighted by Crippen LogP contribution is 2.42. The van der Waals surface area contributed by atoms with Crippen molar-refractivity contribution in [3.63, 3.8) is 0 Å². The van der Waals surface area contributed by atoms with Gasteiger partial charge in [0.15, 0.2) is 0 Å². The Morgan fingerprint density at radius 3 is 1.87 bits per heavy atom. The first-order valence-electron chi connectivity index (χ1n) is 15.2. The summed E-state index contributed by atoms with van der Waals surface area (Å²) in [5, 5.41) is 1.14. The first kappa shape index (κ1) is 23.6. The molecule has 11 rings (SSSR count). The standard InChI is InChI=1S/C38H21B2NO4/c1-2-10-22(11-3-1)41-26-14-6-4-12-23(26)33-38(41)45-31-19-9-17-29-35(31)40(33)36-32(43-29)21-20-25-37(36)44-30-18-8-16-28-34(30)39(25)24-13-5-7-15-27(24)42-28/h1-21H. The maximum atomic E-state index is 6.96. The van der Waals surface area contributed by atoms with E-state index in [4.69, 9.17) is 18.9 Å². The SMILES string of the molecule is c1ccc(-n2c3c(c4ccccc42)B2c4c(cccc4O3)Oc3ccc4c(c32)Oc2cccc3c2B4c2ccccc2O3)cc1. The number of aromatic nitrogens is 1. The second kappa shape index (κ2) is 8.42. The van der Waals surface area contributed by atoms with Crippen LogP contribution in [0.5, 0.6) is 46.1 Å². The van der Waals surface area contributed by atoms with Crippen molar-refractivity contribution in [2.75, 3.05) is 0 Å². The van der Waals surface area contributed by atoms with E-state index >= 15 is 0 Å². The molecule has 0 saturated heterocycles. The third-order valence-corrected chi connectivity index (χ3v) is 9.68. The molecule has 0 aliphatic carbocycles. The van der Waals surface area contributed by atoms with E-state index in [1.807, 2.05) is 54.6 Å². The molecule has 0 radical (unpaired) electrons. The van der Waals surface area contributed by atoms with Crippen molar-refractivity contribution in [2.45, 2.75) is 0 Å². The molecule has 4 aliphatic heterocycles. The molecule has 7 aromatic rings. The Morgan fingerprint density at radius 1 is 0.400 bits per heavy atom. The first-order chi connectivity index (χ1) is 22.3. The molecule has 4 aliphatic rings. The monoisotopic (exact) mass is 577 g/mol. The minimum Gasteiger partial charge on any atom is -0.459 e. The van der Waals surface area contributed by atoms with Crippen molar-refractivity contribution >= 4 is 57.1 Å². The summed E-state index contributed by atoms with van der Waals surface area (Å²) in [4.78, 5) is 0. The largest absolute Gasteiger partial charge is 0.459 e. The molecule has 5 nitrogen and oxygen atoms in total. The molecule has 5 heterocycles. The normalized spacial score (nSPS) is 14.0. The van der Waals surface area contributed by atoms with E-state index < -0.39 is 0 Å². The van der Waals surface area contributed by atoms with E-state index in [9.17, 15) is 0 Å². The van der Waals surface area contributed by atoms with Gasteiger partial charge in [-0.25, -0.2) is 0 Å². The zero-order valence-corrected chi connectivity index (χ0v) is 23.9. The fourth-order valence-electron chi connectivity index (χ4n) is 7.90. The van der Waals surface area contributed by atoms with Crippen LogP contribution < -0.4 is 51.7 Å². The lowest BCUT2D eigenvalue weighted by molar-refractivity contribution is 0.444. The Morgan fingerprint density at radius 2 is 1.02 bits per heavy atom. The minimum absolute atomic E-state index is 0.0307. The smallest absolute Gasteiger partial charge is 0.268 e. The molecule has 0 unspecified atom stereocenters. The molecular formula is C38H21B2NO4. The summed E-state index contributed by atoms with van der Waals surface area (Å²) in [6, 6.07) is 43.8. The van der Waals surface area contributed by atoms with Crippen molar-refractivity contribution in [3.05, 3.63) is 127 Å². The van der Waals surface area contributed by atoms with Crippen LogP contribution in [0.1, 0.15) is 0 Å². The number of hydrogen-bond donors (Lipinski definition) is 0. The fraction of sp³-hybridized carbons (Fsp3) is 0. The topological polar surface area (TPSA) is 41.9 Å². The second-order valence-electron chi connectivity index (χ2n) is 12.0. The zero-order chi connectivity index (χ0) is 29.2. The molecule has 0 fully saturated rings. The van der Waals surface area contributed by atoms with Gasteiger partial charge in [-0.2, -0.15) is 0 Å². The van der Waals surface area contributed by atoms with E-state index in [-0.39, 0.29) is 13.4 Å². The van der Waals surface area contributed by atoms with Crippen LogP contribution in [0.3, 0.4) is 0 Å². The molecule has 6 aromatic carbocycles. The molecular weight excluding hydrogens is 556 g/mol. The summed E-state index contributed by atoms with van der Waals surface area (Å²) >= 11 is 0. The quantitative estimate of drug-likeness (QED) is 0.255. The van der Waals surface area contributed by atoms with Gasteiger partial charge >= 0.3 is 0 Å². The van der Waals surface area contributed by atoms with E-state index in [1.54, 1.807) is 0 Å². The molecule has 0 spiro atoms. The van der Waals surface area contributed by atoms with Crippen molar-refractivity contribution in [2.24, 2.45) is 0 Å². The Bertz CT molecular complexity index is 2420. The number of ether oxygens (including phenoxy) is 4. The van der Waals surface area contributed by atoms with E-state index in [1.165, 1.54) is 0 Å². The Labute approximate surface area is 259 Å². The van der Waals surface area contributed by atoms with Crippen molar-refractivity contribution in [1.29, 1.82) is 0 Å². The first-order valence-corrected chi connectivity index (χ1v) is 15.2. The average molecular weight is 577 g/mol. The van der Waals surface area contributed by atoms with Gasteiger partial charge in [0.2, 0.25) is 5.88 Å². The highest BCUT2D eigenvalue weighted by molar-refractivity contribution is 7.02. The van der Waals surface area contributed by atoms with Gasteiger partial charge in [0, 0.05) is 27.5 Å². The van der Waals surface area contributed by atoms with Gasteiger partial charge < -0.3 is 18.9 Å². The maximum absolute atomic E-state index is 6.96. The molecule has 0 amide bonds. The zero-order valence-electron chi connectivity index (χ0n) is 23.9. The van der Waals surface area contributed by atoms with Gasteiger partial charge in [-0.1, -0.05) is 72.8 Å². The summed E-state index contributed by atoms with van der Waals surface area (Å²) in [7, 11) is 0. The van der Waals surface area contributed by atoms with Crippen LogP contribution in [0.15, 0.2) is 127 Å². The lowest BCUT2D eigenvalue weighted by Crippen LogP contribution is -2.62. The molecule has 7 heteroatoms. The fourth-order valence-corrected chi connectivity index (χ4v) is 7.90. The maximum Gasteiger partial charge on any atom is 0.268 e. The summed E-state index contributed by atoms with van der Waals surface area (Å²) < 4.78 is 29.1. The number of hydrogen-bond acceptors (Lipinski definition) is 4. The lowest BCUT2D eigenvalue weighted by atomic mass is 9.31. The van der Waals surface area contributed by atoms with Crippen molar-refractivity contribution in [3.8, 4) is 51.8 Å². The van der Waals surface area contributed by atoms with E-state index in [0.29, 0.717) is 0 Å². The molecule has 45 heavy (non-hydrogen) atoms. The summed E-state index contributed by atoms with van der Waals surface area (Å²) in [6.45, 7) is -0.204. The highest BCUT2D eigenvalue weighted by atomic mass is 16.5. The van der Waals surface area contributed by atoms with E-state index in [0.717, 1.165) is 95.5 Å². The second-order valence-corrected chi connectivity index (χ2v) is 12.0. The summed E-state index contributed by atoms with van der Waals surface area (Å²) in [5.41, 5.74) is 8.61. The predicted octanol–water partition coefficient (Wildman–Crippen LogP) is 5.09. The molecule has 0 atom stereocenters. The Hall–Kier alpha value is -5.81. The molecule has 208 valence electrons. The lowest BCUT2D eigenvalue weighted by Gasteiger charge is -2.37. The summed E-state index contributed by atoms with van der Waals surface area (Å²) in [6.07, 6.45) is 0. The van der Waals surface area contributed by atoms with Gasteiger partial charge in [-0.3, -0.25) is 4.57 Å². The van der Waals surface area contributed by atoms with Gasteiger partial charge in [-0.05, 0) is 70.9 Å². The highest BCUT2D eigenvalue weighted by Gasteiger charge is 2.48. The molecule has 0 saturated carbocycles. The Balaban J connectivity index is 1.24. The third kappa shape index (κ3) is 3.00. The molecule has 0 N–H and O–H groups in total. The Kier molecular flexibility index (Phi) is 4.42. The predicted molar refractivity (Wildman–Crippen MR) is 179 cm³/mol. The number of para-hydroxylation sites is 3. The van der Waals surface area contributed by atoms with Gasteiger partial charge in [0.1, 0.15) is 40.2 Å². The number of nitrogens with zero attached hydrogens (tertiary/aromatic N) is 1. The van der Waals surface area contributed by atoms with Crippen molar-refractivity contribution < 1.29 is 18.9 Å². The molecule has 0 bridgehead atoms. The average Bonchev–Trinajstić information content (AvgIpc) is 3.42. The number of rotatable bonds is 1. The van der Waals surface area contributed by atoms with Crippen LogP contribution in [-0.2, 0) is 0 Å². The van der Waals surface area contributed by atoms with Crippen molar-refractivity contribution in [1.82, 2.24) is 4.57 Å². The van der Waals surface area contributed by atoms with Crippen LogP contribution in [0.4, 0.5) is 0 Å². The van der Waals surface area contributed by atoms with Crippen LogP contribution in [0, 0.1) is 0 Å². The van der Waals surface area contributed by atoms with Gasteiger partial charge in [-0.15, -0.1) is 0 Å². The van der Waals surface area contributed by atoms with Crippen LogP contribution >= 0.6 is 0 Å². The van der Waals surface area contributed by atoms with Crippen LogP contribution in [0.25, 0.3) is 16.6 Å². The number of benzene rings is 6.